The van der Waals surface area contributed by atoms with Gasteiger partial charge < -0.3 is 0 Å². The Balaban J connectivity index is 2.92. The summed E-state index contributed by atoms with van der Waals surface area (Å²) in [4.78, 5) is 10.6. The fourth-order valence-corrected chi connectivity index (χ4v) is 0.696. The van der Waals surface area contributed by atoms with Gasteiger partial charge in [-0.2, -0.15) is 5.26 Å². The van der Waals surface area contributed by atoms with Crippen LogP contribution >= 0.6 is 0 Å². The fraction of sp³-hybridized carbons (Fsp3) is 0.250. The summed E-state index contributed by atoms with van der Waals surface area (Å²) < 4.78 is 0. The number of hydrogen-bond acceptors (Lipinski definition) is 2. The molecule has 0 saturated carbocycles. The minimum atomic E-state index is -0.575. The molecular weight excluding hydrogens is 126 g/mol. The summed E-state index contributed by atoms with van der Waals surface area (Å²) in [6.45, 7) is 1.76. The van der Waals surface area contributed by atoms with Crippen LogP contribution in [-0.4, -0.2) is 5.78 Å². The lowest BCUT2D eigenvalue weighted by Gasteiger charge is -2.12. The monoisotopic (exact) mass is 133 g/mol. The van der Waals surface area contributed by atoms with Crippen LogP contribution in [0.15, 0.2) is 24.3 Å². The molecule has 0 radical (unpaired) electrons. The molecule has 0 aromatic carbocycles. The second kappa shape index (κ2) is 2.11. The van der Waals surface area contributed by atoms with Gasteiger partial charge in [0.05, 0.1) is 11.5 Å². The van der Waals surface area contributed by atoms with Crippen molar-refractivity contribution < 1.29 is 4.79 Å². The van der Waals surface area contributed by atoms with E-state index in [2.05, 4.69) is 6.07 Å². The summed E-state index contributed by atoms with van der Waals surface area (Å²) in [5.41, 5.74) is -0.575. The Bertz CT molecular complexity index is 239. The van der Waals surface area contributed by atoms with Gasteiger partial charge in [-0.15, -0.1) is 0 Å². The van der Waals surface area contributed by atoms with Crippen LogP contribution in [0, 0.1) is 16.7 Å². The molecule has 0 spiro atoms. The van der Waals surface area contributed by atoms with E-state index in [1.165, 1.54) is 12.2 Å². The lowest BCUT2D eigenvalue weighted by atomic mass is 9.88. The molecule has 1 aliphatic carbocycles. The van der Waals surface area contributed by atoms with Crippen LogP contribution in [-0.2, 0) is 4.79 Å². The van der Waals surface area contributed by atoms with Crippen LogP contribution in [0.5, 0.6) is 0 Å². The van der Waals surface area contributed by atoms with Crippen molar-refractivity contribution in [1.29, 1.82) is 5.26 Å². The molecule has 1 rings (SSSR count). The third-order valence-electron chi connectivity index (χ3n) is 1.43. The number of rotatable bonds is 0. The third kappa shape index (κ3) is 1.14. The lowest BCUT2D eigenvalue weighted by Crippen LogP contribution is -2.10. The smallest absolute Gasteiger partial charge is 0.178 e. The Hall–Kier alpha value is -1.36. The van der Waals surface area contributed by atoms with Crippen molar-refractivity contribution in [3.8, 4) is 6.07 Å². The van der Waals surface area contributed by atoms with E-state index < -0.39 is 5.41 Å². The van der Waals surface area contributed by atoms with E-state index in [4.69, 9.17) is 5.26 Å². The minimum absolute atomic E-state index is 0.0484. The van der Waals surface area contributed by atoms with Crippen LogP contribution in [0.3, 0.4) is 0 Å². The van der Waals surface area contributed by atoms with Gasteiger partial charge in [0, 0.05) is 0 Å². The van der Waals surface area contributed by atoms with Gasteiger partial charge in [-0.25, -0.2) is 0 Å². The zero-order valence-corrected chi connectivity index (χ0v) is 5.66. The number of carbonyl (C=O) groups is 1. The largest absolute Gasteiger partial charge is 0.290 e. The van der Waals surface area contributed by atoms with E-state index in [1.807, 2.05) is 0 Å². The zero-order valence-electron chi connectivity index (χ0n) is 5.66. The first-order valence-corrected chi connectivity index (χ1v) is 3.00. The van der Waals surface area contributed by atoms with Crippen LogP contribution < -0.4 is 0 Å². The molecule has 0 N–H and O–H groups in total. The van der Waals surface area contributed by atoms with Gasteiger partial charge in [0.2, 0.25) is 0 Å². The molecule has 0 amide bonds. The maximum Gasteiger partial charge on any atom is 0.178 e. The molecule has 10 heavy (non-hydrogen) atoms. The zero-order chi connectivity index (χ0) is 7.61. The Morgan fingerprint density at radius 1 is 1.50 bits per heavy atom. The van der Waals surface area contributed by atoms with Crippen molar-refractivity contribution in [2.24, 2.45) is 5.41 Å². The van der Waals surface area contributed by atoms with Gasteiger partial charge in [-0.05, 0) is 19.1 Å². The molecule has 0 atom stereocenters. The van der Waals surface area contributed by atoms with E-state index in [1.54, 1.807) is 19.1 Å². The average molecular weight is 133 g/mol. The molecule has 1 aliphatic rings. The van der Waals surface area contributed by atoms with Crippen molar-refractivity contribution in [3.63, 3.8) is 0 Å². The van der Waals surface area contributed by atoms with Crippen LogP contribution in [0.2, 0.25) is 0 Å². The number of nitriles is 1. The molecule has 0 saturated heterocycles. The highest BCUT2D eigenvalue weighted by atomic mass is 16.1. The summed E-state index contributed by atoms with van der Waals surface area (Å²) >= 11 is 0. The second-order valence-electron chi connectivity index (χ2n) is 2.46. The van der Waals surface area contributed by atoms with E-state index >= 15 is 0 Å². The first kappa shape index (κ1) is 6.76. The molecule has 0 unspecified atom stereocenters. The quantitative estimate of drug-likeness (QED) is 0.498. The van der Waals surface area contributed by atoms with E-state index in [-0.39, 0.29) is 5.78 Å². The molecule has 0 aliphatic heterocycles. The van der Waals surface area contributed by atoms with Gasteiger partial charge in [0.1, 0.15) is 0 Å². The highest BCUT2D eigenvalue weighted by Gasteiger charge is 2.18. The van der Waals surface area contributed by atoms with E-state index in [0.717, 1.165) is 0 Å². The first-order chi connectivity index (χ1) is 4.66. The summed E-state index contributed by atoms with van der Waals surface area (Å²) in [5, 5.41) is 8.57. The molecule has 0 bridgehead atoms. The Morgan fingerprint density at radius 2 is 2.00 bits per heavy atom. The second-order valence-corrected chi connectivity index (χ2v) is 2.46. The van der Waals surface area contributed by atoms with Crippen molar-refractivity contribution in [1.82, 2.24) is 0 Å². The molecule has 0 aromatic rings. The van der Waals surface area contributed by atoms with Gasteiger partial charge in [0.25, 0.3) is 0 Å². The third-order valence-corrected chi connectivity index (χ3v) is 1.43. The summed E-state index contributed by atoms with van der Waals surface area (Å²) in [6, 6.07) is 2.08. The van der Waals surface area contributed by atoms with Gasteiger partial charge in [0.15, 0.2) is 5.78 Å². The fourth-order valence-electron chi connectivity index (χ4n) is 0.696. The minimum Gasteiger partial charge on any atom is -0.290 e. The number of nitrogens with zero attached hydrogens (tertiary/aromatic N) is 1. The Morgan fingerprint density at radius 3 is 2.40 bits per heavy atom. The SMILES string of the molecule is CC1(C#N)C=CC(=O)C=C1. The molecule has 0 fully saturated rings. The van der Waals surface area contributed by atoms with Gasteiger partial charge in [-0.1, -0.05) is 12.2 Å². The van der Waals surface area contributed by atoms with Crippen LogP contribution in [0.1, 0.15) is 6.92 Å². The van der Waals surface area contributed by atoms with Crippen molar-refractivity contribution in [3.05, 3.63) is 24.3 Å². The van der Waals surface area contributed by atoms with Gasteiger partial charge in [-0.3, -0.25) is 4.79 Å². The highest BCUT2D eigenvalue weighted by Crippen LogP contribution is 2.21. The number of carbonyl (C=O) groups excluding carboxylic acids is 1. The Labute approximate surface area is 59.5 Å². The lowest BCUT2D eigenvalue weighted by molar-refractivity contribution is -0.110. The van der Waals surface area contributed by atoms with Crippen molar-refractivity contribution in [2.45, 2.75) is 6.92 Å². The standard InChI is InChI=1S/C8H7NO/c1-8(6-9)4-2-7(10)3-5-8/h2-5H,1H3. The van der Waals surface area contributed by atoms with Crippen LogP contribution in [0.4, 0.5) is 0 Å². The van der Waals surface area contributed by atoms with Crippen molar-refractivity contribution >= 4 is 5.78 Å². The van der Waals surface area contributed by atoms with Crippen molar-refractivity contribution in [2.75, 3.05) is 0 Å². The van der Waals surface area contributed by atoms with Crippen LogP contribution in [0.25, 0.3) is 0 Å². The summed E-state index contributed by atoms with van der Waals surface area (Å²) in [6.07, 6.45) is 6.05. The maximum atomic E-state index is 10.6. The van der Waals surface area contributed by atoms with E-state index in [9.17, 15) is 4.79 Å². The number of allylic oxidation sites excluding steroid dienone is 4. The predicted octanol–water partition coefficient (Wildman–Crippen LogP) is 1.21. The highest BCUT2D eigenvalue weighted by molar-refractivity contribution is 6.00. The predicted molar refractivity (Wildman–Crippen MR) is 37.0 cm³/mol. The maximum absolute atomic E-state index is 10.6. The first-order valence-electron chi connectivity index (χ1n) is 3.00. The Kier molecular flexibility index (Phi) is 1.42. The number of ketones is 1. The summed E-state index contributed by atoms with van der Waals surface area (Å²) in [7, 11) is 0. The molecule has 2 heteroatoms. The molecule has 0 heterocycles. The van der Waals surface area contributed by atoms with Gasteiger partial charge >= 0.3 is 0 Å². The number of hydrogen-bond donors (Lipinski definition) is 0. The average Bonchev–Trinajstić information content (AvgIpc) is 1.96. The summed E-state index contributed by atoms with van der Waals surface area (Å²) in [5.74, 6) is -0.0484. The normalized spacial score (nSPS) is 20.6. The topological polar surface area (TPSA) is 40.9 Å². The molecule has 0 aromatic heterocycles. The van der Waals surface area contributed by atoms with E-state index in [0.29, 0.717) is 0 Å². The molecular formula is C8H7NO. The molecule has 50 valence electrons. The molecule has 2 nitrogen and oxygen atoms in total.